The number of halogens is 2. The molecule has 0 amide bonds. The van der Waals surface area contributed by atoms with Crippen molar-refractivity contribution in [3.63, 3.8) is 0 Å². The Kier molecular flexibility index (Phi) is 5.70. The average Bonchev–Trinajstić information content (AvgIpc) is 2.54. The van der Waals surface area contributed by atoms with Gasteiger partial charge in [0.05, 0.1) is 0 Å². The van der Waals surface area contributed by atoms with Crippen molar-refractivity contribution in [2.24, 2.45) is 0 Å². The molecule has 0 N–H and O–H groups in total. The quantitative estimate of drug-likeness (QED) is 0.445. The van der Waals surface area contributed by atoms with E-state index in [1.807, 2.05) is 0 Å². The molecule has 0 bridgehead atoms. The van der Waals surface area contributed by atoms with Gasteiger partial charge in [0, 0.05) is 21.2 Å². The maximum Gasteiger partial charge on any atom is 0.150 e. The second-order valence-electron chi connectivity index (χ2n) is 4.48. The van der Waals surface area contributed by atoms with Crippen LogP contribution >= 0.6 is 23.2 Å². The van der Waals surface area contributed by atoms with Crippen LogP contribution in [0.5, 0.6) is 0 Å². The monoisotopic (exact) mass is 330 g/mol. The van der Waals surface area contributed by atoms with E-state index in [1.54, 1.807) is 60.7 Å². The van der Waals surface area contributed by atoms with Crippen molar-refractivity contribution in [1.29, 1.82) is 0 Å². The molecule has 2 aromatic carbocycles. The number of carbonyl (C=O) groups excluding carboxylic acids is 2. The summed E-state index contributed by atoms with van der Waals surface area (Å²) in [5.41, 5.74) is 1.81. The smallest absolute Gasteiger partial charge is 0.150 e. The number of hydrogen-bond donors (Lipinski definition) is 0. The molecule has 2 aromatic rings. The zero-order chi connectivity index (χ0) is 15.9. The number of hydrogen-bond acceptors (Lipinski definition) is 2. The van der Waals surface area contributed by atoms with Crippen LogP contribution in [0.4, 0.5) is 0 Å². The van der Waals surface area contributed by atoms with E-state index in [0.29, 0.717) is 33.7 Å². The van der Waals surface area contributed by atoms with Crippen molar-refractivity contribution in [2.75, 3.05) is 0 Å². The summed E-state index contributed by atoms with van der Waals surface area (Å²) in [5.74, 6) is 0. The molecule has 22 heavy (non-hydrogen) atoms. The fourth-order valence-electron chi connectivity index (χ4n) is 1.89. The Morgan fingerprint density at radius 3 is 1.36 bits per heavy atom. The molecule has 0 fully saturated rings. The van der Waals surface area contributed by atoms with Crippen LogP contribution in [-0.2, 0) is 9.59 Å². The summed E-state index contributed by atoms with van der Waals surface area (Å²) in [4.78, 5) is 22.7. The number of benzene rings is 2. The molecule has 0 saturated heterocycles. The predicted octanol–water partition coefficient (Wildman–Crippen LogP) is 4.86. The maximum atomic E-state index is 11.4. The highest BCUT2D eigenvalue weighted by molar-refractivity contribution is 6.32. The minimum Gasteiger partial charge on any atom is -0.298 e. The minimum absolute atomic E-state index is 0.239. The predicted molar refractivity (Wildman–Crippen MR) is 91.0 cm³/mol. The molecule has 110 valence electrons. The highest BCUT2D eigenvalue weighted by atomic mass is 35.5. The van der Waals surface area contributed by atoms with E-state index in [0.717, 1.165) is 0 Å². The summed E-state index contributed by atoms with van der Waals surface area (Å²) in [6.07, 6.45) is 4.40. The molecule has 0 spiro atoms. The Hall–Kier alpha value is -2.16. The van der Waals surface area contributed by atoms with Crippen LogP contribution in [-0.4, -0.2) is 12.6 Å². The number of carbonyl (C=O) groups is 2. The molecule has 0 heterocycles. The van der Waals surface area contributed by atoms with Gasteiger partial charge < -0.3 is 0 Å². The Morgan fingerprint density at radius 1 is 0.682 bits per heavy atom. The van der Waals surface area contributed by atoms with Crippen molar-refractivity contribution in [2.45, 2.75) is 0 Å². The fourth-order valence-corrected chi connectivity index (χ4v) is 2.27. The topological polar surface area (TPSA) is 34.1 Å². The van der Waals surface area contributed by atoms with Crippen molar-refractivity contribution in [3.8, 4) is 0 Å². The van der Waals surface area contributed by atoms with Crippen molar-refractivity contribution in [3.05, 3.63) is 80.8 Å². The lowest BCUT2D eigenvalue weighted by atomic mass is 10.0. The summed E-state index contributed by atoms with van der Waals surface area (Å²) in [6, 6.07) is 14.2. The van der Waals surface area contributed by atoms with E-state index in [4.69, 9.17) is 23.2 Å². The van der Waals surface area contributed by atoms with E-state index >= 15 is 0 Å². The molecule has 0 aliphatic carbocycles. The van der Waals surface area contributed by atoms with Crippen LogP contribution < -0.4 is 0 Å². The van der Waals surface area contributed by atoms with E-state index in [2.05, 4.69) is 0 Å². The molecule has 2 nitrogen and oxygen atoms in total. The lowest BCUT2D eigenvalue weighted by Gasteiger charge is -2.03. The summed E-state index contributed by atoms with van der Waals surface area (Å²) < 4.78 is 0. The van der Waals surface area contributed by atoms with Crippen LogP contribution in [0, 0.1) is 0 Å². The third kappa shape index (κ3) is 3.94. The number of allylic oxidation sites excluding steroid dienone is 2. The van der Waals surface area contributed by atoms with Gasteiger partial charge in [0.2, 0.25) is 0 Å². The van der Waals surface area contributed by atoms with Gasteiger partial charge in [-0.25, -0.2) is 0 Å². The SMILES string of the molecule is O=CC(=C\c1ccccc1Cl)/C(C=O)=C/c1ccccc1Cl. The zero-order valence-electron chi connectivity index (χ0n) is 11.5. The van der Waals surface area contributed by atoms with Gasteiger partial charge in [0.15, 0.2) is 12.6 Å². The Bertz CT molecular complexity index is 696. The molecule has 2 rings (SSSR count). The fraction of sp³-hybridized carbons (Fsp3) is 0. The minimum atomic E-state index is 0.239. The molecular formula is C18H12Cl2O2. The standard InChI is InChI=1S/C18H12Cl2O2/c19-17-7-3-1-5-13(17)9-15(11-21)16(12-22)10-14-6-2-4-8-18(14)20/h1-12H/b15-9+,16-10+. The molecule has 0 aliphatic heterocycles. The van der Waals surface area contributed by atoms with Gasteiger partial charge in [-0.1, -0.05) is 59.6 Å². The molecule has 0 saturated carbocycles. The Morgan fingerprint density at radius 2 is 1.05 bits per heavy atom. The third-order valence-electron chi connectivity index (χ3n) is 3.02. The normalized spacial score (nSPS) is 12.1. The second-order valence-corrected chi connectivity index (χ2v) is 5.29. The molecular weight excluding hydrogens is 319 g/mol. The third-order valence-corrected chi connectivity index (χ3v) is 3.71. The maximum absolute atomic E-state index is 11.4. The van der Waals surface area contributed by atoms with Crippen LogP contribution in [0.25, 0.3) is 12.2 Å². The molecule has 0 atom stereocenters. The van der Waals surface area contributed by atoms with Crippen molar-refractivity contribution >= 4 is 47.9 Å². The largest absolute Gasteiger partial charge is 0.298 e. The molecule has 0 aromatic heterocycles. The molecule has 0 aliphatic rings. The lowest BCUT2D eigenvalue weighted by Crippen LogP contribution is -1.94. The van der Waals surface area contributed by atoms with E-state index < -0.39 is 0 Å². The highest BCUT2D eigenvalue weighted by Crippen LogP contribution is 2.23. The summed E-state index contributed by atoms with van der Waals surface area (Å²) in [6.45, 7) is 0. The van der Waals surface area contributed by atoms with E-state index in [-0.39, 0.29) is 11.1 Å². The van der Waals surface area contributed by atoms with Crippen molar-refractivity contribution in [1.82, 2.24) is 0 Å². The van der Waals surface area contributed by atoms with Gasteiger partial charge in [-0.15, -0.1) is 0 Å². The highest BCUT2D eigenvalue weighted by Gasteiger charge is 2.07. The van der Waals surface area contributed by atoms with Crippen LogP contribution in [0.2, 0.25) is 10.0 Å². The summed E-state index contributed by atoms with van der Waals surface area (Å²) >= 11 is 12.1. The van der Waals surface area contributed by atoms with Gasteiger partial charge in [-0.2, -0.15) is 0 Å². The first-order valence-corrected chi connectivity index (χ1v) is 7.24. The van der Waals surface area contributed by atoms with Crippen molar-refractivity contribution < 1.29 is 9.59 Å². The first kappa shape index (κ1) is 16.2. The van der Waals surface area contributed by atoms with Gasteiger partial charge in [-0.05, 0) is 35.4 Å². The van der Waals surface area contributed by atoms with Gasteiger partial charge in [0.1, 0.15) is 0 Å². The Balaban J connectivity index is 2.48. The van der Waals surface area contributed by atoms with Gasteiger partial charge in [-0.3, -0.25) is 9.59 Å². The van der Waals surface area contributed by atoms with E-state index in [1.165, 1.54) is 0 Å². The van der Waals surface area contributed by atoms with Crippen LogP contribution in [0.1, 0.15) is 11.1 Å². The van der Waals surface area contributed by atoms with Crippen LogP contribution in [0.3, 0.4) is 0 Å². The molecule has 0 radical (unpaired) electrons. The second kappa shape index (κ2) is 7.74. The van der Waals surface area contributed by atoms with Gasteiger partial charge >= 0.3 is 0 Å². The summed E-state index contributed by atoms with van der Waals surface area (Å²) in [7, 11) is 0. The number of rotatable bonds is 5. The summed E-state index contributed by atoms with van der Waals surface area (Å²) in [5, 5.41) is 1.01. The first-order chi connectivity index (χ1) is 10.7. The molecule has 4 heteroatoms. The average molecular weight is 331 g/mol. The van der Waals surface area contributed by atoms with Crippen LogP contribution in [0.15, 0.2) is 59.7 Å². The Labute approximate surface area is 138 Å². The first-order valence-electron chi connectivity index (χ1n) is 6.49. The molecule has 0 unspecified atom stereocenters. The number of aldehydes is 2. The van der Waals surface area contributed by atoms with E-state index in [9.17, 15) is 9.59 Å². The lowest BCUT2D eigenvalue weighted by molar-refractivity contribution is -0.107. The van der Waals surface area contributed by atoms with Gasteiger partial charge in [0.25, 0.3) is 0 Å². The zero-order valence-corrected chi connectivity index (χ0v) is 13.0.